The first-order valence-electron chi connectivity index (χ1n) is 9.35. The Morgan fingerprint density at radius 2 is 1.86 bits per heavy atom. The lowest BCUT2D eigenvalue weighted by molar-refractivity contribution is -0.144. The highest BCUT2D eigenvalue weighted by atomic mass is 79.9. The van der Waals surface area contributed by atoms with Gasteiger partial charge in [-0.05, 0) is 61.2 Å². The minimum Gasteiger partial charge on any atom is -0.497 e. The molecule has 1 N–H and O–H groups in total. The van der Waals surface area contributed by atoms with E-state index in [0.29, 0.717) is 6.54 Å². The number of nitrogens with zero attached hydrogens (tertiary/aromatic N) is 1. The number of methoxy groups -OCH3 is 1. The van der Waals surface area contributed by atoms with Crippen molar-refractivity contribution in [2.45, 2.75) is 39.7 Å². The summed E-state index contributed by atoms with van der Waals surface area (Å²) in [6.45, 7) is 8.45. The molecule has 0 aliphatic carbocycles. The van der Waals surface area contributed by atoms with E-state index in [4.69, 9.17) is 4.74 Å². The second kappa shape index (κ2) is 7.63. The van der Waals surface area contributed by atoms with Gasteiger partial charge in [-0.25, -0.2) is 0 Å². The molecule has 2 aromatic carbocycles. The summed E-state index contributed by atoms with van der Waals surface area (Å²) in [7, 11) is 1.63. The molecule has 0 amide bonds. The van der Waals surface area contributed by atoms with Crippen LogP contribution < -0.4 is 4.74 Å². The number of hydrogen-bond donors (Lipinski definition) is 1. The van der Waals surface area contributed by atoms with Gasteiger partial charge in [0.2, 0.25) is 0 Å². The molecule has 1 heterocycles. The number of ether oxygens (including phenoxy) is 1. The van der Waals surface area contributed by atoms with Crippen LogP contribution >= 0.6 is 15.9 Å². The van der Waals surface area contributed by atoms with Gasteiger partial charge in [-0.3, -0.25) is 4.79 Å². The highest BCUT2D eigenvalue weighted by Crippen LogP contribution is 2.42. The molecule has 0 spiro atoms. The third-order valence-electron chi connectivity index (χ3n) is 5.90. The Hall–Kier alpha value is -2.27. The highest BCUT2D eigenvalue weighted by Gasteiger charge is 2.42. The second-order valence-corrected chi connectivity index (χ2v) is 8.63. The molecule has 3 rings (SSSR count). The Bertz CT molecular complexity index is 1020. The zero-order valence-electron chi connectivity index (χ0n) is 16.9. The van der Waals surface area contributed by atoms with Gasteiger partial charge in [0.1, 0.15) is 5.75 Å². The molecule has 3 aromatic rings. The van der Waals surface area contributed by atoms with E-state index in [1.807, 2.05) is 58.0 Å². The zero-order valence-corrected chi connectivity index (χ0v) is 18.5. The minimum absolute atomic E-state index is 0.0679. The number of aromatic nitrogens is 1. The quantitative estimate of drug-likeness (QED) is 0.526. The lowest BCUT2D eigenvalue weighted by Gasteiger charge is -2.30. The molecule has 4 nitrogen and oxygen atoms in total. The van der Waals surface area contributed by atoms with E-state index in [9.17, 15) is 9.90 Å². The average Bonchev–Trinajstić information content (AvgIpc) is 2.93. The number of aliphatic carboxylic acids is 1. The van der Waals surface area contributed by atoms with Crippen molar-refractivity contribution in [2.75, 3.05) is 7.11 Å². The largest absolute Gasteiger partial charge is 0.497 e. The molecule has 1 atom stereocenters. The Morgan fingerprint density at radius 1 is 1.21 bits per heavy atom. The summed E-state index contributed by atoms with van der Waals surface area (Å²) in [5.41, 5.74) is 3.02. The van der Waals surface area contributed by atoms with E-state index in [2.05, 4.69) is 32.6 Å². The molecule has 0 fully saturated rings. The third kappa shape index (κ3) is 3.32. The van der Waals surface area contributed by atoms with Crippen LogP contribution in [0, 0.1) is 12.8 Å². The Morgan fingerprint density at radius 3 is 2.39 bits per heavy atom. The van der Waals surface area contributed by atoms with Crippen molar-refractivity contribution in [1.29, 1.82) is 0 Å². The first-order valence-corrected chi connectivity index (χ1v) is 10.1. The van der Waals surface area contributed by atoms with Crippen LogP contribution in [0.4, 0.5) is 0 Å². The van der Waals surface area contributed by atoms with Gasteiger partial charge in [0.25, 0.3) is 0 Å². The second-order valence-electron chi connectivity index (χ2n) is 7.72. The summed E-state index contributed by atoms with van der Waals surface area (Å²) < 4.78 is 8.67. The van der Waals surface area contributed by atoms with Gasteiger partial charge in [-0.15, -0.1) is 0 Å². The molecular weight excluding hydrogens is 418 g/mol. The van der Waals surface area contributed by atoms with Gasteiger partial charge >= 0.3 is 5.97 Å². The van der Waals surface area contributed by atoms with Crippen LogP contribution in [-0.2, 0) is 16.8 Å². The van der Waals surface area contributed by atoms with Crippen molar-refractivity contribution < 1.29 is 14.6 Å². The smallest absolute Gasteiger partial charge is 0.314 e. The van der Waals surface area contributed by atoms with Crippen molar-refractivity contribution in [1.82, 2.24) is 4.57 Å². The number of benzene rings is 2. The first kappa shape index (κ1) is 20.5. The fourth-order valence-corrected chi connectivity index (χ4v) is 4.13. The fraction of sp³-hybridized carbons (Fsp3) is 0.348. The number of halogens is 1. The summed E-state index contributed by atoms with van der Waals surface area (Å²) in [6, 6.07) is 14.1. The molecule has 5 heteroatoms. The van der Waals surface area contributed by atoms with Gasteiger partial charge < -0.3 is 14.4 Å². The van der Waals surface area contributed by atoms with Crippen LogP contribution in [0.2, 0.25) is 0 Å². The molecule has 0 aliphatic heterocycles. The molecule has 148 valence electrons. The van der Waals surface area contributed by atoms with Crippen LogP contribution in [0.15, 0.2) is 46.9 Å². The van der Waals surface area contributed by atoms with Gasteiger partial charge in [0.05, 0.1) is 12.5 Å². The standard InChI is InChI=1S/C23H26BrNO3/c1-14(2)23(4,22(26)27)21-15(3)25(13-16-6-8-17(24)9-7-16)20-11-10-18(28-5)12-19(20)21/h6-12,14H,13H2,1-5H3,(H,26,27)/t23-/m0/s1. The lowest BCUT2D eigenvalue weighted by atomic mass is 9.72. The molecule has 0 aliphatic rings. The van der Waals surface area contributed by atoms with Crippen molar-refractivity contribution in [3.05, 3.63) is 63.8 Å². The summed E-state index contributed by atoms with van der Waals surface area (Å²) in [4.78, 5) is 12.4. The predicted molar refractivity (Wildman–Crippen MR) is 116 cm³/mol. The number of fused-ring (bicyclic) bond motifs is 1. The summed E-state index contributed by atoms with van der Waals surface area (Å²) in [5.74, 6) is -0.149. The van der Waals surface area contributed by atoms with Crippen LogP contribution in [-0.4, -0.2) is 22.8 Å². The molecular formula is C23H26BrNO3. The van der Waals surface area contributed by atoms with Crippen LogP contribution in [0.25, 0.3) is 10.9 Å². The molecule has 1 aromatic heterocycles. The first-order chi connectivity index (χ1) is 13.2. The number of carboxylic acid groups (broad SMARTS) is 1. The van der Waals surface area contributed by atoms with Gasteiger partial charge in [0, 0.05) is 27.6 Å². The van der Waals surface area contributed by atoms with Crippen LogP contribution in [0.1, 0.15) is 37.6 Å². The average molecular weight is 444 g/mol. The number of hydrogen-bond acceptors (Lipinski definition) is 2. The SMILES string of the molecule is COc1ccc2c(c1)c([C@@](C)(C(=O)O)C(C)C)c(C)n2Cc1ccc(Br)cc1. The Labute approximate surface area is 174 Å². The summed E-state index contributed by atoms with van der Waals surface area (Å²) >= 11 is 3.48. The molecule has 0 radical (unpaired) electrons. The predicted octanol–water partition coefficient (Wildman–Crippen LogP) is 5.77. The molecule has 28 heavy (non-hydrogen) atoms. The van der Waals surface area contributed by atoms with E-state index in [1.165, 1.54) is 0 Å². The fourth-order valence-electron chi connectivity index (χ4n) is 3.86. The van der Waals surface area contributed by atoms with E-state index < -0.39 is 11.4 Å². The topological polar surface area (TPSA) is 51.5 Å². The van der Waals surface area contributed by atoms with E-state index in [1.54, 1.807) is 7.11 Å². The van der Waals surface area contributed by atoms with Gasteiger partial charge in [0.15, 0.2) is 0 Å². The zero-order chi connectivity index (χ0) is 20.6. The number of carboxylic acids is 1. The monoisotopic (exact) mass is 443 g/mol. The Kier molecular flexibility index (Phi) is 5.57. The normalized spacial score (nSPS) is 13.7. The summed E-state index contributed by atoms with van der Waals surface area (Å²) in [6.07, 6.45) is 0. The Balaban J connectivity index is 2.30. The third-order valence-corrected chi connectivity index (χ3v) is 6.43. The van der Waals surface area contributed by atoms with Crippen molar-refractivity contribution in [2.24, 2.45) is 5.92 Å². The molecule has 0 bridgehead atoms. The summed E-state index contributed by atoms with van der Waals surface area (Å²) in [5, 5.41) is 11.1. The van der Waals surface area contributed by atoms with E-state index in [0.717, 1.165) is 37.9 Å². The maximum absolute atomic E-state index is 12.4. The number of rotatable bonds is 6. The highest BCUT2D eigenvalue weighted by molar-refractivity contribution is 9.10. The van der Waals surface area contributed by atoms with Gasteiger partial charge in [-0.2, -0.15) is 0 Å². The van der Waals surface area contributed by atoms with Gasteiger partial charge in [-0.1, -0.05) is 41.9 Å². The van der Waals surface area contributed by atoms with Crippen molar-refractivity contribution >= 4 is 32.8 Å². The molecule has 0 saturated carbocycles. The van der Waals surface area contributed by atoms with Crippen molar-refractivity contribution in [3.8, 4) is 5.75 Å². The molecule has 0 saturated heterocycles. The lowest BCUT2D eigenvalue weighted by Crippen LogP contribution is -2.38. The minimum atomic E-state index is -1.00. The van der Waals surface area contributed by atoms with Crippen LogP contribution in [0.3, 0.4) is 0 Å². The number of carbonyl (C=O) groups is 1. The maximum Gasteiger partial charge on any atom is 0.314 e. The maximum atomic E-state index is 12.4. The van der Waals surface area contributed by atoms with E-state index >= 15 is 0 Å². The van der Waals surface area contributed by atoms with Crippen molar-refractivity contribution in [3.63, 3.8) is 0 Å². The van der Waals surface area contributed by atoms with Crippen LogP contribution in [0.5, 0.6) is 5.75 Å². The van der Waals surface area contributed by atoms with E-state index in [-0.39, 0.29) is 5.92 Å². The molecule has 0 unspecified atom stereocenters.